The molecule has 0 spiro atoms. The van der Waals surface area contributed by atoms with E-state index in [1.54, 1.807) is 0 Å². The lowest BCUT2D eigenvalue weighted by molar-refractivity contribution is -0.870. The lowest BCUT2D eigenvalue weighted by Crippen LogP contribution is -2.46. The molecule has 0 aromatic carbocycles. The van der Waals surface area contributed by atoms with Crippen LogP contribution in [-0.2, 0) is 18.4 Å². The highest BCUT2D eigenvalue weighted by Crippen LogP contribution is 2.43. The zero-order valence-electron chi connectivity index (χ0n) is 38.9. The van der Waals surface area contributed by atoms with Crippen LogP contribution in [0.5, 0.6) is 0 Å². The van der Waals surface area contributed by atoms with E-state index in [0.717, 1.165) is 109 Å². The highest BCUT2D eigenvalue weighted by molar-refractivity contribution is 7.47. The molecule has 0 aromatic rings. The van der Waals surface area contributed by atoms with Gasteiger partial charge in [-0.05, 0) is 77.0 Å². The maximum atomic E-state index is 12.8. The largest absolute Gasteiger partial charge is 0.472 e. The van der Waals surface area contributed by atoms with Crippen molar-refractivity contribution in [3.63, 3.8) is 0 Å². The van der Waals surface area contributed by atoms with Gasteiger partial charge in [0.15, 0.2) is 0 Å². The second-order valence-electron chi connectivity index (χ2n) is 16.8. The zero-order valence-corrected chi connectivity index (χ0v) is 39.8. The molecule has 0 aliphatic rings. The number of hydrogen-bond acceptors (Lipinski definition) is 5. The molecule has 0 rings (SSSR count). The van der Waals surface area contributed by atoms with Crippen molar-refractivity contribution in [3.8, 4) is 0 Å². The summed E-state index contributed by atoms with van der Waals surface area (Å²) in [5.74, 6) is -0.166. The van der Waals surface area contributed by atoms with Crippen molar-refractivity contribution in [2.24, 2.45) is 0 Å². The minimum Gasteiger partial charge on any atom is -0.391 e. The summed E-state index contributed by atoms with van der Waals surface area (Å²) in [4.78, 5) is 23.0. The number of amides is 1. The molecule has 0 saturated heterocycles. The van der Waals surface area contributed by atoms with Gasteiger partial charge < -0.3 is 19.8 Å². The van der Waals surface area contributed by atoms with Crippen molar-refractivity contribution in [1.29, 1.82) is 0 Å². The van der Waals surface area contributed by atoms with Gasteiger partial charge in [0.1, 0.15) is 13.2 Å². The van der Waals surface area contributed by atoms with Gasteiger partial charge in [-0.15, -0.1) is 0 Å². The predicted octanol–water partition coefficient (Wildman–Crippen LogP) is 13.5. The number of aliphatic hydroxyl groups is 1. The summed E-state index contributed by atoms with van der Waals surface area (Å²) in [5, 5.41) is 13.7. The Hall–Kier alpha value is -2.58. The van der Waals surface area contributed by atoms with Crippen molar-refractivity contribution < 1.29 is 32.9 Å². The molecule has 1 amide bonds. The smallest absolute Gasteiger partial charge is 0.391 e. The third kappa shape index (κ3) is 43.5. The van der Waals surface area contributed by atoms with Gasteiger partial charge in [0.05, 0.1) is 39.9 Å². The van der Waals surface area contributed by atoms with Gasteiger partial charge in [-0.1, -0.05) is 182 Å². The molecule has 0 aliphatic carbocycles. The molecule has 3 atom stereocenters. The molecule has 0 saturated carbocycles. The molecule has 3 unspecified atom stereocenters. The van der Waals surface area contributed by atoms with E-state index in [-0.39, 0.29) is 19.1 Å². The van der Waals surface area contributed by atoms with Crippen LogP contribution in [0.2, 0.25) is 0 Å². The van der Waals surface area contributed by atoms with E-state index in [1.165, 1.54) is 32.1 Å². The van der Waals surface area contributed by atoms with Gasteiger partial charge in [-0.25, -0.2) is 4.57 Å². The van der Waals surface area contributed by atoms with Gasteiger partial charge in [-0.2, -0.15) is 0 Å². The maximum absolute atomic E-state index is 12.8. The number of aliphatic hydroxyl groups excluding tert-OH is 1. The average molecular weight is 858 g/mol. The number of nitrogens with zero attached hydrogens (tertiary/aromatic N) is 1. The lowest BCUT2D eigenvalue weighted by atomic mass is 10.0. The second kappa shape index (κ2) is 41.8. The summed E-state index contributed by atoms with van der Waals surface area (Å²) < 4.78 is 23.4. The third-order valence-electron chi connectivity index (χ3n) is 9.85. The molecule has 9 heteroatoms. The molecule has 8 nitrogen and oxygen atoms in total. The van der Waals surface area contributed by atoms with Crippen LogP contribution in [0.3, 0.4) is 0 Å². The number of rotatable bonds is 41. The van der Waals surface area contributed by atoms with Gasteiger partial charge in [-0.3, -0.25) is 13.8 Å². The number of nitrogens with one attached hydrogen (secondary N) is 1. The van der Waals surface area contributed by atoms with Crippen molar-refractivity contribution in [3.05, 3.63) is 97.2 Å². The summed E-state index contributed by atoms with van der Waals surface area (Å²) in [6, 6.07) is -0.767. The van der Waals surface area contributed by atoms with Crippen molar-refractivity contribution in [1.82, 2.24) is 5.32 Å². The monoisotopic (exact) mass is 858 g/mol. The Kier molecular flexibility index (Phi) is 40.0. The average Bonchev–Trinajstić information content (AvgIpc) is 3.20. The van der Waals surface area contributed by atoms with Crippen LogP contribution in [0.15, 0.2) is 97.2 Å². The van der Waals surface area contributed by atoms with Gasteiger partial charge in [0.2, 0.25) is 5.91 Å². The van der Waals surface area contributed by atoms with Crippen LogP contribution in [0.1, 0.15) is 168 Å². The number of phosphoric ester groups is 1. The standard InChI is InChI=1S/C51H89N2O6P/c1-6-8-10-12-13-14-15-16-17-18-19-20-21-22-23-24-25-26-27-28-29-30-31-32-33-34-35-36-37-38-39-41-43-45-51(55)52-49(50(54)44-42-40-11-9-7-2)48-59-60(56,57)58-47-46-53(3,4)5/h8,10,13-14,16-17,19-20,22-23,25-26,28-29,31-32,49-50,54H,6-7,9,11-12,15,18,21,24,27,30,33-48H2,1-5H3,(H-,52,55,56,57)/p+1/b10-8-,14-13-,17-16-,20-19-,23-22-,26-25-,29-28-,32-31-. The molecular weight excluding hydrogens is 768 g/mol. The van der Waals surface area contributed by atoms with E-state index in [9.17, 15) is 19.4 Å². The van der Waals surface area contributed by atoms with Crippen LogP contribution in [-0.4, -0.2) is 73.4 Å². The third-order valence-corrected chi connectivity index (χ3v) is 10.8. The lowest BCUT2D eigenvalue weighted by Gasteiger charge is -2.26. The quantitative estimate of drug-likeness (QED) is 0.0245. The number of carbonyl (C=O) groups excluding carboxylic acids is 1. The Morgan fingerprint density at radius 2 is 1.00 bits per heavy atom. The van der Waals surface area contributed by atoms with E-state index in [2.05, 4.69) is 116 Å². The summed E-state index contributed by atoms with van der Waals surface area (Å²) >= 11 is 0. The Labute approximate surface area is 369 Å². The fourth-order valence-corrected chi connectivity index (χ4v) is 6.85. The van der Waals surface area contributed by atoms with Crippen LogP contribution in [0.25, 0.3) is 0 Å². The zero-order chi connectivity index (χ0) is 44.3. The molecule has 60 heavy (non-hydrogen) atoms. The van der Waals surface area contributed by atoms with Gasteiger partial charge in [0, 0.05) is 6.42 Å². The minimum absolute atomic E-state index is 0.0668. The highest BCUT2D eigenvalue weighted by atomic mass is 31.2. The van der Waals surface area contributed by atoms with E-state index in [4.69, 9.17) is 9.05 Å². The van der Waals surface area contributed by atoms with Gasteiger partial charge in [0.25, 0.3) is 0 Å². The molecule has 0 aliphatic heterocycles. The van der Waals surface area contributed by atoms with E-state index in [0.29, 0.717) is 23.9 Å². The molecule has 0 heterocycles. The summed E-state index contributed by atoms with van der Waals surface area (Å²) in [7, 11) is 1.59. The Balaban J connectivity index is 4.01. The van der Waals surface area contributed by atoms with Gasteiger partial charge >= 0.3 is 7.82 Å². The molecule has 3 N–H and O–H groups in total. The number of phosphoric acid groups is 1. The second-order valence-corrected chi connectivity index (χ2v) is 18.2. The number of hydrogen-bond donors (Lipinski definition) is 3. The van der Waals surface area contributed by atoms with E-state index < -0.39 is 20.0 Å². The van der Waals surface area contributed by atoms with Crippen LogP contribution in [0, 0.1) is 0 Å². The van der Waals surface area contributed by atoms with Crippen LogP contribution in [0.4, 0.5) is 0 Å². The number of unbranched alkanes of at least 4 members (excludes halogenated alkanes) is 12. The molecular formula is C51H90N2O6P+. The number of carbonyl (C=O) groups is 1. The normalized spacial score (nSPS) is 15.1. The number of quaternary nitrogens is 1. The first-order chi connectivity index (χ1) is 29.0. The van der Waals surface area contributed by atoms with Crippen LogP contribution < -0.4 is 5.32 Å². The fraction of sp³-hybridized carbons (Fsp3) is 0.667. The Morgan fingerprint density at radius 3 is 1.47 bits per heavy atom. The Bertz CT molecular complexity index is 1290. The molecule has 0 aromatic heterocycles. The molecule has 0 fully saturated rings. The van der Waals surface area contributed by atoms with Crippen molar-refractivity contribution >= 4 is 13.7 Å². The van der Waals surface area contributed by atoms with Crippen molar-refractivity contribution in [2.45, 2.75) is 180 Å². The Morgan fingerprint density at radius 1 is 0.583 bits per heavy atom. The summed E-state index contributed by atoms with van der Waals surface area (Å²) in [6.07, 6.45) is 59.2. The molecule has 344 valence electrons. The SMILES string of the molecule is CC/C=C\C/C=C\C/C=C\C/C=C\C/C=C\C/C=C\C/C=C\C/C=C\CCCCCCCCCCC(=O)NC(COP(=O)(O)OCC[N+](C)(C)C)C(O)CCCCCCC. The summed E-state index contributed by atoms with van der Waals surface area (Å²) in [5.41, 5.74) is 0. The van der Waals surface area contributed by atoms with E-state index >= 15 is 0 Å². The first kappa shape index (κ1) is 57.4. The highest BCUT2D eigenvalue weighted by Gasteiger charge is 2.28. The number of likely N-dealkylation sites (N-methyl/N-ethyl adjacent to an activating group) is 1. The predicted molar refractivity (Wildman–Crippen MR) is 258 cm³/mol. The fourth-order valence-electron chi connectivity index (χ4n) is 6.12. The van der Waals surface area contributed by atoms with Crippen molar-refractivity contribution in [2.75, 3.05) is 40.9 Å². The maximum Gasteiger partial charge on any atom is 0.472 e. The first-order valence-corrected chi connectivity index (χ1v) is 25.1. The van der Waals surface area contributed by atoms with Crippen LogP contribution >= 0.6 is 7.82 Å². The van der Waals surface area contributed by atoms with E-state index in [1.807, 2.05) is 21.1 Å². The molecule has 0 radical (unpaired) electrons. The topological polar surface area (TPSA) is 105 Å². The number of allylic oxidation sites excluding steroid dienone is 16. The molecule has 0 bridgehead atoms. The first-order valence-electron chi connectivity index (χ1n) is 23.6. The summed E-state index contributed by atoms with van der Waals surface area (Å²) in [6.45, 7) is 4.65. The minimum atomic E-state index is -4.31.